The molecule has 2 heterocycles. The fourth-order valence-electron chi connectivity index (χ4n) is 2.03. The Balaban J connectivity index is 1.78. The number of fused-ring (bicyclic) bond motifs is 1. The van der Waals surface area contributed by atoms with Crippen molar-refractivity contribution in [2.75, 3.05) is 5.32 Å². The van der Waals surface area contributed by atoms with E-state index in [1.165, 1.54) is 6.92 Å². The van der Waals surface area contributed by atoms with Crippen LogP contribution >= 0.6 is 11.3 Å². The van der Waals surface area contributed by atoms with Crippen molar-refractivity contribution in [3.05, 3.63) is 51.9 Å². The normalized spacial score (nSPS) is 10.7. The van der Waals surface area contributed by atoms with E-state index < -0.39 is 5.91 Å². The molecule has 2 aromatic heterocycles. The van der Waals surface area contributed by atoms with Crippen molar-refractivity contribution in [2.24, 2.45) is 0 Å². The lowest BCUT2D eigenvalue weighted by atomic mass is 10.2. The van der Waals surface area contributed by atoms with Crippen LogP contribution in [0, 0.1) is 0 Å². The summed E-state index contributed by atoms with van der Waals surface area (Å²) in [5, 5.41) is 9.66. The Kier molecular flexibility index (Phi) is 3.98. The molecule has 0 aliphatic heterocycles. The molecule has 0 atom stereocenters. The number of hydrogen-bond donors (Lipinski definition) is 1. The molecule has 0 bridgehead atoms. The average Bonchev–Trinajstić information content (AvgIpc) is 2.99. The van der Waals surface area contributed by atoms with E-state index >= 15 is 0 Å². The van der Waals surface area contributed by atoms with Crippen molar-refractivity contribution >= 4 is 38.9 Å². The number of carbonyl (C=O) groups is 2. The Morgan fingerprint density at radius 2 is 2.09 bits per heavy atom. The van der Waals surface area contributed by atoms with Gasteiger partial charge in [-0.3, -0.25) is 14.4 Å². The fourth-order valence-corrected chi connectivity index (χ4v) is 2.79. The first-order valence-electron chi connectivity index (χ1n) is 6.76. The van der Waals surface area contributed by atoms with Crippen LogP contribution in [0.15, 0.2) is 40.6 Å². The summed E-state index contributed by atoms with van der Waals surface area (Å²) in [5.74, 6) is -0.603. The second kappa shape index (κ2) is 6.09. The highest BCUT2D eigenvalue weighted by Gasteiger charge is 2.11. The minimum absolute atomic E-state index is 0.172. The zero-order valence-corrected chi connectivity index (χ0v) is 13.0. The standard InChI is InChI=1S/C15H12N4O3S/c1-9(20)12-8-23-15(17-12)18-13(21)7-19-14(22)11-5-3-2-4-10(11)6-16-19/h2-6,8H,7H2,1H3,(H,17,18,21). The lowest BCUT2D eigenvalue weighted by molar-refractivity contribution is -0.117. The number of thiazole rings is 1. The predicted molar refractivity (Wildman–Crippen MR) is 86.8 cm³/mol. The van der Waals surface area contributed by atoms with Crippen LogP contribution in [0.2, 0.25) is 0 Å². The average molecular weight is 328 g/mol. The summed E-state index contributed by atoms with van der Waals surface area (Å²) >= 11 is 1.15. The van der Waals surface area contributed by atoms with Gasteiger partial charge < -0.3 is 5.32 Å². The molecule has 0 fully saturated rings. The van der Waals surface area contributed by atoms with Crippen LogP contribution in [0.3, 0.4) is 0 Å². The lowest BCUT2D eigenvalue weighted by Crippen LogP contribution is -2.29. The summed E-state index contributed by atoms with van der Waals surface area (Å²) in [7, 11) is 0. The van der Waals surface area contributed by atoms with Crippen LogP contribution in [-0.4, -0.2) is 26.5 Å². The topological polar surface area (TPSA) is 94.0 Å². The van der Waals surface area contributed by atoms with Gasteiger partial charge in [0, 0.05) is 17.7 Å². The molecule has 3 aromatic rings. The number of rotatable bonds is 4. The van der Waals surface area contributed by atoms with Gasteiger partial charge >= 0.3 is 0 Å². The minimum Gasteiger partial charge on any atom is -0.300 e. The van der Waals surface area contributed by atoms with E-state index in [1.54, 1.807) is 29.8 Å². The van der Waals surface area contributed by atoms with Gasteiger partial charge in [0.1, 0.15) is 12.2 Å². The Labute approximate surface area is 134 Å². The number of anilines is 1. The van der Waals surface area contributed by atoms with Gasteiger partial charge in [0.2, 0.25) is 5.91 Å². The van der Waals surface area contributed by atoms with Crippen LogP contribution in [0.25, 0.3) is 10.8 Å². The number of nitrogens with zero attached hydrogens (tertiary/aromatic N) is 3. The second-order valence-electron chi connectivity index (χ2n) is 4.84. The molecule has 1 aromatic carbocycles. The molecular weight excluding hydrogens is 316 g/mol. The maximum Gasteiger partial charge on any atom is 0.275 e. The summed E-state index contributed by atoms with van der Waals surface area (Å²) in [6, 6.07) is 7.04. The van der Waals surface area contributed by atoms with Crippen molar-refractivity contribution in [1.29, 1.82) is 0 Å². The first-order valence-corrected chi connectivity index (χ1v) is 7.64. The van der Waals surface area contributed by atoms with E-state index in [0.29, 0.717) is 16.2 Å². The number of hydrogen-bond acceptors (Lipinski definition) is 6. The smallest absolute Gasteiger partial charge is 0.275 e. The van der Waals surface area contributed by atoms with Gasteiger partial charge in [0.25, 0.3) is 5.56 Å². The third-order valence-corrected chi connectivity index (χ3v) is 3.92. The molecule has 0 radical (unpaired) electrons. The van der Waals surface area contributed by atoms with Gasteiger partial charge in [-0.1, -0.05) is 18.2 Å². The van der Waals surface area contributed by atoms with Crippen LogP contribution < -0.4 is 10.9 Å². The number of benzene rings is 1. The molecule has 0 spiro atoms. The van der Waals surface area contributed by atoms with E-state index in [9.17, 15) is 14.4 Å². The molecule has 0 unspecified atom stereocenters. The fraction of sp³-hybridized carbons (Fsp3) is 0.133. The SMILES string of the molecule is CC(=O)c1csc(NC(=O)Cn2ncc3ccccc3c2=O)n1. The number of nitrogens with one attached hydrogen (secondary N) is 1. The number of ketones is 1. The van der Waals surface area contributed by atoms with Gasteiger partial charge in [-0.15, -0.1) is 11.3 Å². The monoisotopic (exact) mass is 328 g/mol. The quantitative estimate of drug-likeness (QED) is 0.736. The molecule has 7 nitrogen and oxygen atoms in total. The Morgan fingerprint density at radius 3 is 2.83 bits per heavy atom. The largest absolute Gasteiger partial charge is 0.300 e. The van der Waals surface area contributed by atoms with Crippen LogP contribution in [0.5, 0.6) is 0 Å². The Hall–Kier alpha value is -2.87. The van der Waals surface area contributed by atoms with Crippen LogP contribution in [0.1, 0.15) is 17.4 Å². The highest BCUT2D eigenvalue weighted by molar-refractivity contribution is 7.14. The highest BCUT2D eigenvalue weighted by atomic mass is 32.1. The van der Waals surface area contributed by atoms with Gasteiger partial charge in [-0.2, -0.15) is 5.10 Å². The third kappa shape index (κ3) is 3.16. The lowest BCUT2D eigenvalue weighted by Gasteiger charge is -2.05. The third-order valence-electron chi connectivity index (χ3n) is 3.17. The molecule has 0 saturated heterocycles. The molecule has 0 aliphatic carbocycles. The van der Waals surface area contributed by atoms with Gasteiger partial charge in [-0.05, 0) is 6.07 Å². The summed E-state index contributed by atoms with van der Waals surface area (Å²) in [6.45, 7) is 1.18. The van der Waals surface area contributed by atoms with Gasteiger partial charge in [0.15, 0.2) is 10.9 Å². The Bertz CT molecular complexity index is 961. The van der Waals surface area contributed by atoms with Crippen LogP contribution in [-0.2, 0) is 11.3 Å². The second-order valence-corrected chi connectivity index (χ2v) is 5.69. The van der Waals surface area contributed by atoms with Gasteiger partial charge in [-0.25, -0.2) is 9.67 Å². The Morgan fingerprint density at radius 1 is 1.30 bits per heavy atom. The number of carbonyl (C=O) groups excluding carboxylic acids is 2. The number of amides is 1. The van der Waals surface area contributed by atoms with Crippen LogP contribution in [0.4, 0.5) is 5.13 Å². The highest BCUT2D eigenvalue weighted by Crippen LogP contribution is 2.15. The molecule has 3 rings (SSSR count). The zero-order chi connectivity index (χ0) is 16.4. The van der Waals surface area contributed by atoms with Crippen molar-refractivity contribution in [3.63, 3.8) is 0 Å². The summed E-state index contributed by atoms with van der Waals surface area (Å²) in [6.07, 6.45) is 1.54. The summed E-state index contributed by atoms with van der Waals surface area (Å²) < 4.78 is 1.09. The first-order chi connectivity index (χ1) is 11.0. The predicted octanol–water partition coefficient (Wildman–Crippen LogP) is 1.69. The van der Waals surface area contributed by atoms with Crippen molar-refractivity contribution < 1.29 is 9.59 Å². The molecular formula is C15H12N4O3S. The number of aromatic nitrogens is 3. The van der Waals surface area contributed by atoms with E-state index in [1.807, 2.05) is 6.07 Å². The molecule has 116 valence electrons. The zero-order valence-electron chi connectivity index (χ0n) is 12.1. The molecule has 23 heavy (non-hydrogen) atoms. The van der Waals surface area contributed by atoms with E-state index in [0.717, 1.165) is 21.4 Å². The number of Topliss-reactive ketones (excluding diaryl/α,β-unsaturated/α-hetero) is 1. The maximum absolute atomic E-state index is 12.3. The maximum atomic E-state index is 12.3. The molecule has 0 saturated carbocycles. The van der Waals surface area contributed by atoms with E-state index in [2.05, 4.69) is 15.4 Å². The van der Waals surface area contributed by atoms with Crippen molar-refractivity contribution in [2.45, 2.75) is 13.5 Å². The summed E-state index contributed by atoms with van der Waals surface area (Å²) in [5.41, 5.74) is -0.0342. The summed E-state index contributed by atoms with van der Waals surface area (Å²) in [4.78, 5) is 39.5. The van der Waals surface area contributed by atoms with E-state index in [4.69, 9.17) is 0 Å². The van der Waals surface area contributed by atoms with Gasteiger partial charge in [0.05, 0.1) is 11.6 Å². The first kappa shape index (κ1) is 15.0. The van der Waals surface area contributed by atoms with Crippen molar-refractivity contribution in [1.82, 2.24) is 14.8 Å². The van der Waals surface area contributed by atoms with Crippen molar-refractivity contribution in [3.8, 4) is 0 Å². The van der Waals surface area contributed by atoms with E-state index in [-0.39, 0.29) is 17.9 Å². The molecule has 0 aliphatic rings. The molecule has 8 heteroatoms. The molecule has 1 amide bonds. The minimum atomic E-state index is -0.431. The molecule has 1 N–H and O–H groups in total.